The first-order valence-electron chi connectivity index (χ1n) is 10.5. The van der Waals surface area contributed by atoms with Crippen molar-refractivity contribution in [3.8, 4) is 0 Å². The molecule has 1 saturated heterocycles. The summed E-state index contributed by atoms with van der Waals surface area (Å²) < 4.78 is 30.4. The maximum absolute atomic E-state index is 12.6. The summed E-state index contributed by atoms with van der Waals surface area (Å²) in [5, 5.41) is 10.2. The number of para-hydroxylation sites is 2. The van der Waals surface area contributed by atoms with E-state index in [0.29, 0.717) is 29.2 Å². The third-order valence-electron chi connectivity index (χ3n) is 5.21. The van der Waals surface area contributed by atoms with Crippen LogP contribution < -0.4 is 10.6 Å². The van der Waals surface area contributed by atoms with Gasteiger partial charge in [-0.1, -0.05) is 30.3 Å². The molecule has 33 heavy (non-hydrogen) atoms. The molecule has 4 rings (SSSR count). The Morgan fingerprint density at radius 1 is 1.12 bits per heavy atom. The van der Waals surface area contributed by atoms with Crippen LogP contribution in [0.5, 0.6) is 0 Å². The molecule has 1 fully saturated rings. The molecule has 1 aliphatic rings. The number of rotatable bonds is 7. The number of hydrogen-bond donors (Lipinski definition) is 2. The van der Waals surface area contributed by atoms with Crippen LogP contribution in [0, 0.1) is 6.92 Å². The van der Waals surface area contributed by atoms with Crippen LogP contribution in [0.1, 0.15) is 28.5 Å². The molecule has 1 aliphatic heterocycles. The molecule has 1 atom stereocenters. The number of carbonyl (C=O) groups excluding carboxylic acids is 2. The number of nitrogens with one attached hydrogen (secondary N) is 2. The van der Waals surface area contributed by atoms with E-state index in [1.54, 1.807) is 37.3 Å². The SMILES string of the molecule is Cc1cc(NC(=O)COC(=O)c2ccccc2Nc2ccccc2)n([C@H]2CCS(=O)(=O)C2)n1. The van der Waals surface area contributed by atoms with Crippen molar-refractivity contribution in [1.82, 2.24) is 9.78 Å². The Morgan fingerprint density at radius 2 is 1.85 bits per heavy atom. The molecule has 2 N–H and O–H groups in total. The molecule has 10 heteroatoms. The summed E-state index contributed by atoms with van der Waals surface area (Å²) in [5.41, 5.74) is 2.32. The van der Waals surface area contributed by atoms with Crippen molar-refractivity contribution in [1.29, 1.82) is 0 Å². The smallest absolute Gasteiger partial charge is 0.340 e. The quantitative estimate of drug-likeness (QED) is 0.511. The van der Waals surface area contributed by atoms with Crippen LogP contribution in [0.4, 0.5) is 17.2 Å². The lowest BCUT2D eigenvalue weighted by atomic mass is 10.1. The molecule has 0 radical (unpaired) electrons. The van der Waals surface area contributed by atoms with E-state index >= 15 is 0 Å². The molecule has 9 nitrogen and oxygen atoms in total. The van der Waals surface area contributed by atoms with E-state index in [0.717, 1.165) is 5.69 Å². The first kappa shape index (κ1) is 22.5. The van der Waals surface area contributed by atoms with Gasteiger partial charge in [0.15, 0.2) is 16.4 Å². The molecule has 2 heterocycles. The van der Waals surface area contributed by atoms with Gasteiger partial charge in [-0.25, -0.2) is 17.9 Å². The second-order valence-corrected chi connectivity index (χ2v) is 10.1. The van der Waals surface area contributed by atoms with Gasteiger partial charge in [0, 0.05) is 11.8 Å². The van der Waals surface area contributed by atoms with Crippen molar-refractivity contribution in [3.63, 3.8) is 0 Å². The number of aromatic nitrogens is 2. The van der Waals surface area contributed by atoms with E-state index in [1.165, 1.54) is 4.68 Å². The predicted molar refractivity (Wildman–Crippen MR) is 124 cm³/mol. The van der Waals surface area contributed by atoms with Gasteiger partial charge in [0.1, 0.15) is 5.82 Å². The molecule has 172 valence electrons. The van der Waals surface area contributed by atoms with Crippen molar-refractivity contribution in [2.45, 2.75) is 19.4 Å². The molecule has 3 aromatic rings. The molecule has 0 unspecified atom stereocenters. The maximum Gasteiger partial charge on any atom is 0.340 e. The third kappa shape index (κ3) is 5.58. The number of hydrogen-bond acceptors (Lipinski definition) is 7. The zero-order chi connectivity index (χ0) is 23.4. The van der Waals surface area contributed by atoms with Crippen LogP contribution in [0.15, 0.2) is 60.7 Å². The number of anilines is 3. The zero-order valence-electron chi connectivity index (χ0n) is 18.0. The first-order valence-corrected chi connectivity index (χ1v) is 12.3. The lowest BCUT2D eigenvalue weighted by molar-refractivity contribution is -0.119. The zero-order valence-corrected chi connectivity index (χ0v) is 18.8. The van der Waals surface area contributed by atoms with Gasteiger partial charge in [-0.05, 0) is 37.6 Å². The summed E-state index contributed by atoms with van der Waals surface area (Å²) in [5.74, 6) is -0.730. The number of nitrogens with zero attached hydrogens (tertiary/aromatic N) is 2. The van der Waals surface area contributed by atoms with Gasteiger partial charge >= 0.3 is 5.97 Å². The number of aryl methyl sites for hydroxylation is 1. The summed E-state index contributed by atoms with van der Waals surface area (Å²) in [4.78, 5) is 25.1. The summed E-state index contributed by atoms with van der Waals surface area (Å²) >= 11 is 0. The molecule has 1 aromatic heterocycles. The van der Waals surface area contributed by atoms with Crippen LogP contribution in [-0.2, 0) is 19.4 Å². The Labute approximate surface area is 191 Å². The highest BCUT2D eigenvalue weighted by molar-refractivity contribution is 7.91. The molecule has 1 amide bonds. The Balaban J connectivity index is 1.39. The van der Waals surface area contributed by atoms with Crippen molar-refractivity contribution >= 4 is 38.9 Å². The summed E-state index contributed by atoms with van der Waals surface area (Å²) in [6.07, 6.45) is 0.437. The molecule has 0 spiro atoms. The van der Waals surface area contributed by atoms with Crippen LogP contribution >= 0.6 is 0 Å². The fourth-order valence-corrected chi connectivity index (χ4v) is 5.38. The van der Waals surface area contributed by atoms with Gasteiger partial charge in [-0.15, -0.1) is 0 Å². The molecular weight excluding hydrogens is 444 g/mol. The minimum absolute atomic E-state index is 0.0167. The fourth-order valence-electron chi connectivity index (χ4n) is 3.69. The van der Waals surface area contributed by atoms with E-state index in [-0.39, 0.29) is 17.5 Å². The second-order valence-electron chi connectivity index (χ2n) is 7.83. The highest BCUT2D eigenvalue weighted by atomic mass is 32.2. The maximum atomic E-state index is 12.6. The van der Waals surface area contributed by atoms with Crippen molar-refractivity contribution in [3.05, 3.63) is 71.9 Å². The average molecular weight is 469 g/mol. The number of benzene rings is 2. The Hall–Kier alpha value is -3.66. The largest absolute Gasteiger partial charge is 0.452 e. The minimum atomic E-state index is -3.11. The van der Waals surface area contributed by atoms with Crippen molar-refractivity contribution < 1.29 is 22.7 Å². The highest BCUT2D eigenvalue weighted by Crippen LogP contribution is 2.27. The van der Waals surface area contributed by atoms with Gasteiger partial charge < -0.3 is 15.4 Å². The van der Waals surface area contributed by atoms with E-state index < -0.39 is 28.3 Å². The van der Waals surface area contributed by atoms with Crippen LogP contribution in [-0.4, -0.2) is 48.2 Å². The molecule has 2 aromatic carbocycles. The standard InChI is InChI=1S/C23H24N4O5S/c1-16-13-21(27(26-16)18-11-12-33(30,31)15-18)25-22(28)14-32-23(29)19-9-5-6-10-20(19)24-17-7-3-2-4-8-17/h2-10,13,18,24H,11-12,14-15H2,1H3,(H,25,28)/t18-/m0/s1. The van der Waals surface area contributed by atoms with Gasteiger partial charge in [0.2, 0.25) is 0 Å². The van der Waals surface area contributed by atoms with Crippen LogP contribution in [0.25, 0.3) is 0 Å². The minimum Gasteiger partial charge on any atom is -0.452 e. The van der Waals surface area contributed by atoms with E-state index in [9.17, 15) is 18.0 Å². The normalized spacial score (nSPS) is 16.8. The van der Waals surface area contributed by atoms with Gasteiger partial charge in [-0.2, -0.15) is 5.10 Å². The average Bonchev–Trinajstić information content (AvgIpc) is 3.34. The van der Waals surface area contributed by atoms with Gasteiger partial charge in [0.25, 0.3) is 5.91 Å². The summed E-state index contributed by atoms with van der Waals surface area (Å²) in [6, 6.07) is 17.6. The molecule has 0 aliphatic carbocycles. The first-order chi connectivity index (χ1) is 15.8. The monoisotopic (exact) mass is 468 g/mol. The van der Waals surface area contributed by atoms with E-state index in [4.69, 9.17) is 4.74 Å². The second kappa shape index (κ2) is 9.45. The molecule has 0 bridgehead atoms. The topological polar surface area (TPSA) is 119 Å². The van der Waals surface area contributed by atoms with Gasteiger partial charge in [0.05, 0.1) is 34.5 Å². The number of sulfone groups is 1. The van der Waals surface area contributed by atoms with Gasteiger partial charge in [-0.3, -0.25) is 4.79 Å². The lowest BCUT2D eigenvalue weighted by Gasteiger charge is -2.14. The predicted octanol–water partition coefficient (Wildman–Crippen LogP) is 3.09. The third-order valence-corrected chi connectivity index (χ3v) is 6.96. The summed E-state index contributed by atoms with van der Waals surface area (Å²) in [7, 11) is -3.11. The lowest BCUT2D eigenvalue weighted by Crippen LogP contribution is -2.24. The van der Waals surface area contributed by atoms with Crippen LogP contribution in [0.3, 0.4) is 0 Å². The summed E-state index contributed by atoms with van der Waals surface area (Å²) in [6.45, 7) is 1.26. The van der Waals surface area contributed by atoms with Crippen molar-refractivity contribution in [2.24, 2.45) is 0 Å². The Bertz CT molecular complexity index is 1270. The van der Waals surface area contributed by atoms with E-state index in [2.05, 4.69) is 15.7 Å². The van der Waals surface area contributed by atoms with Crippen LogP contribution in [0.2, 0.25) is 0 Å². The Kier molecular flexibility index (Phi) is 6.45. The van der Waals surface area contributed by atoms with E-state index in [1.807, 2.05) is 30.3 Å². The fraction of sp³-hybridized carbons (Fsp3) is 0.261. The highest BCUT2D eigenvalue weighted by Gasteiger charge is 2.31. The molecule has 0 saturated carbocycles. The molecular formula is C23H24N4O5S. The number of esters is 1. The number of carbonyl (C=O) groups is 2. The van der Waals surface area contributed by atoms with Crippen molar-refractivity contribution in [2.75, 3.05) is 28.7 Å². The number of amides is 1. The number of ether oxygens (including phenoxy) is 1. The Morgan fingerprint density at radius 3 is 2.58 bits per heavy atom.